The maximum Gasteiger partial charge on any atom is 0.223 e. The number of pyridine rings is 1. The Labute approximate surface area is 109 Å². The number of ether oxygens (including phenoxy) is 1. The second kappa shape index (κ2) is 5.82. The zero-order valence-electron chi connectivity index (χ0n) is 9.94. The molecule has 0 radical (unpaired) electrons. The predicted octanol–water partition coefficient (Wildman–Crippen LogP) is 3.36. The molecule has 0 N–H and O–H groups in total. The summed E-state index contributed by atoms with van der Waals surface area (Å²) in [4.78, 5) is 3.88. The number of hydrogen-bond acceptors (Lipinski definition) is 3. The van der Waals surface area contributed by atoms with Crippen molar-refractivity contribution in [2.24, 2.45) is 0 Å². The quantitative estimate of drug-likeness (QED) is 0.782. The molecule has 18 heavy (non-hydrogen) atoms. The molecule has 2 aromatic heterocycles. The summed E-state index contributed by atoms with van der Waals surface area (Å²) in [5.74, 6) is 0.583. The minimum atomic E-state index is -0.431. The molecule has 0 aliphatic carbocycles. The molecule has 0 fully saturated rings. The van der Waals surface area contributed by atoms with Crippen molar-refractivity contribution in [3.63, 3.8) is 0 Å². The van der Waals surface area contributed by atoms with Crippen LogP contribution < -0.4 is 4.74 Å². The van der Waals surface area contributed by atoms with E-state index in [1.165, 1.54) is 6.07 Å². The molecule has 0 spiro atoms. The largest absolute Gasteiger partial charge is 0.435 e. The highest BCUT2D eigenvalue weighted by atomic mass is 35.5. The van der Waals surface area contributed by atoms with Crippen molar-refractivity contribution in [2.75, 3.05) is 0 Å². The van der Waals surface area contributed by atoms with Gasteiger partial charge in [-0.2, -0.15) is 5.10 Å². The lowest BCUT2D eigenvalue weighted by molar-refractivity contribution is 0.453. The third kappa shape index (κ3) is 2.98. The average molecular weight is 270 g/mol. The van der Waals surface area contributed by atoms with Crippen molar-refractivity contribution in [1.29, 1.82) is 0 Å². The highest BCUT2D eigenvalue weighted by Crippen LogP contribution is 2.24. The van der Waals surface area contributed by atoms with E-state index >= 15 is 0 Å². The molecular weight excluding hydrogens is 257 g/mol. The zero-order valence-corrected chi connectivity index (χ0v) is 10.7. The first-order valence-corrected chi connectivity index (χ1v) is 6.17. The van der Waals surface area contributed by atoms with E-state index in [1.807, 2.05) is 0 Å². The Hall–Kier alpha value is -1.62. The molecule has 0 aliphatic rings. The maximum absolute atomic E-state index is 13.0. The van der Waals surface area contributed by atoms with Crippen LogP contribution >= 0.6 is 11.6 Å². The fraction of sp³-hybridized carbons (Fsp3) is 0.333. The molecule has 6 heteroatoms. The van der Waals surface area contributed by atoms with Gasteiger partial charge in [0.1, 0.15) is 5.82 Å². The number of halogens is 2. The number of nitrogens with zero attached hydrogens (tertiary/aromatic N) is 3. The van der Waals surface area contributed by atoms with Gasteiger partial charge < -0.3 is 4.74 Å². The summed E-state index contributed by atoms with van der Waals surface area (Å²) in [5, 5.41) is 4.13. The summed E-state index contributed by atoms with van der Waals surface area (Å²) in [6, 6.07) is 1.31. The maximum atomic E-state index is 13.0. The molecule has 0 bridgehead atoms. The summed E-state index contributed by atoms with van der Waals surface area (Å²) in [6.45, 7) is 2.89. The number of aromatic nitrogens is 3. The topological polar surface area (TPSA) is 39.9 Å². The Bertz CT molecular complexity index is 530. The molecule has 0 atom stereocenters. The van der Waals surface area contributed by atoms with Gasteiger partial charge in [0, 0.05) is 12.1 Å². The Morgan fingerprint density at radius 2 is 2.28 bits per heavy atom. The number of rotatable bonds is 5. The third-order valence-electron chi connectivity index (χ3n) is 2.31. The van der Waals surface area contributed by atoms with Crippen molar-refractivity contribution < 1.29 is 9.13 Å². The third-order valence-corrected chi connectivity index (χ3v) is 2.60. The van der Waals surface area contributed by atoms with E-state index in [-0.39, 0.29) is 5.88 Å². The van der Waals surface area contributed by atoms with Crippen LogP contribution in [0.2, 0.25) is 0 Å². The highest BCUT2D eigenvalue weighted by Gasteiger charge is 2.09. The summed E-state index contributed by atoms with van der Waals surface area (Å²) in [6.07, 6.45) is 5.45. The molecule has 0 saturated carbocycles. The van der Waals surface area contributed by atoms with E-state index < -0.39 is 5.82 Å². The van der Waals surface area contributed by atoms with Gasteiger partial charge in [-0.3, -0.25) is 4.68 Å². The summed E-state index contributed by atoms with van der Waals surface area (Å²) < 4.78 is 20.3. The minimum absolute atomic E-state index is 0.142. The molecule has 0 aliphatic heterocycles. The first kappa shape index (κ1) is 12.8. The minimum Gasteiger partial charge on any atom is -0.435 e. The van der Waals surface area contributed by atoms with Crippen molar-refractivity contribution in [1.82, 2.24) is 14.8 Å². The number of alkyl halides is 1. The Morgan fingerprint density at radius 1 is 1.44 bits per heavy atom. The first-order valence-electron chi connectivity index (χ1n) is 5.63. The molecule has 2 rings (SSSR count). The molecule has 2 heterocycles. The summed E-state index contributed by atoms with van der Waals surface area (Å²) in [5.41, 5.74) is 0.514. The van der Waals surface area contributed by atoms with Gasteiger partial charge in [0.05, 0.1) is 24.5 Å². The van der Waals surface area contributed by atoms with Gasteiger partial charge in [-0.1, -0.05) is 6.92 Å². The van der Waals surface area contributed by atoms with Crippen LogP contribution in [-0.2, 0) is 12.4 Å². The summed E-state index contributed by atoms with van der Waals surface area (Å²) in [7, 11) is 0. The van der Waals surface area contributed by atoms with Gasteiger partial charge in [0.2, 0.25) is 5.88 Å². The van der Waals surface area contributed by atoms with Gasteiger partial charge in [0.25, 0.3) is 0 Å². The Balaban J connectivity index is 2.17. The normalized spacial score (nSPS) is 10.6. The van der Waals surface area contributed by atoms with Crippen LogP contribution in [0.4, 0.5) is 4.39 Å². The van der Waals surface area contributed by atoms with E-state index in [9.17, 15) is 4.39 Å². The van der Waals surface area contributed by atoms with E-state index in [0.717, 1.165) is 19.2 Å². The lowest BCUT2D eigenvalue weighted by atomic mass is 10.3. The zero-order chi connectivity index (χ0) is 13.0. The van der Waals surface area contributed by atoms with Gasteiger partial charge in [-0.05, 0) is 12.5 Å². The predicted molar refractivity (Wildman–Crippen MR) is 66.3 cm³/mol. The lowest BCUT2D eigenvalue weighted by Gasteiger charge is -2.05. The van der Waals surface area contributed by atoms with Gasteiger partial charge in [-0.25, -0.2) is 9.37 Å². The average Bonchev–Trinajstić information content (AvgIpc) is 2.79. The molecule has 0 aromatic carbocycles. The SMILES string of the molecule is CCCn1cc(Oc2ncc(F)cc2CCl)cn1. The van der Waals surface area contributed by atoms with Gasteiger partial charge >= 0.3 is 0 Å². The van der Waals surface area contributed by atoms with Crippen molar-refractivity contribution in [3.8, 4) is 11.6 Å². The number of hydrogen-bond donors (Lipinski definition) is 0. The Morgan fingerprint density at radius 3 is 3.00 bits per heavy atom. The molecule has 0 saturated heterocycles. The molecule has 4 nitrogen and oxygen atoms in total. The lowest BCUT2D eigenvalue weighted by Crippen LogP contribution is -1.96. The monoisotopic (exact) mass is 269 g/mol. The second-order valence-corrected chi connectivity index (χ2v) is 4.06. The highest BCUT2D eigenvalue weighted by molar-refractivity contribution is 6.17. The van der Waals surface area contributed by atoms with Crippen LogP contribution in [0, 0.1) is 5.82 Å². The van der Waals surface area contributed by atoms with Crippen LogP contribution in [0.25, 0.3) is 0 Å². The fourth-order valence-electron chi connectivity index (χ4n) is 1.52. The van der Waals surface area contributed by atoms with Crippen LogP contribution in [0.15, 0.2) is 24.7 Å². The first-order chi connectivity index (χ1) is 8.72. The van der Waals surface area contributed by atoms with E-state index in [0.29, 0.717) is 17.2 Å². The fourth-order valence-corrected chi connectivity index (χ4v) is 1.71. The smallest absolute Gasteiger partial charge is 0.223 e. The van der Waals surface area contributed by atoms with Crippen LogP contribution in [0.3, 0.4) is 0 Å². The standard InChI is InChI=1S/C12H13ClFN3O/c1-2-3-17-8-11(7-16-17)18-12-9(5-13)4-10(14)6-15-12/h4,6-8H,2-3,5H2,1H3. The molecular formula is C12H13ClFN3O. The van der Waals surface area contributed by atoms with E-state index in [4.69, 9.17) is 16.3 Å². The van der Waals surface area contributed by atoms with Crippen molar-refractivity contribution in [2.45, 2.75) is 25.8 Å². The van der Waals surface area contributed by atoms with E-state index in [1.54, 1.807) is 17.1 Å². The number of aryl methyl sites for hydroxylation is 1. The summed E-state index contributed by atoms with van der Waals surface area (Å²) >= 11 is 5.72. The van der Waals surface area contributed by atoms with Crippen LogP contribution in [0.5, 0.6) is 11.6 Å². The molecule has 0 amide bonds. The molecule has 2 aromatic rings. The van der Waals surface area contributed by atoms with Gasteiger partial charge in [0.15, 0.2) is 5.75 Å². The molecule has 0 unspecified atom stereocenters. The van der Waals surface area contributed by atoms with Crippen molar-refractivity contribution >= 4 is 11.6 Å². The molecule has 96 valence electrons. The van der Waals surface area contributed by atoms with Gasteiger partial charge in [-0.15, -0.1) is 11.6 Å². The van der Waals surface area contributed by atoms with Crippen LogP contribution in [0.1, 0.15) is 18.9 Å². The van der Waals surface area contributed by atoms with Crippen LogP contribution in [-0.4, -0.2) is 14.8 Å². The second-order valence-electron chi connectivity index (χ2n) is 3.79. The van der Waals surface area contributed by atoms with E-state index in [2.05, 4.69) is 17.0 Å². The Kier molecular flexibility index (Phi) is 4.15. The van der Waals surface area contributed by atoms with Crippen molar-refractivity contribution in [3.05, 3.63) is 36.0 Å².